The standard InChI is InChI=1S/C10H10ClFN4O2S/c1-16-5-14-9(13)10(16)19(17,18)15-6-2-3-8(12)7(11)4-6/h2-5,15H,13H2,1H3. The molecular formula is C10H10ClFN4O2S. The fraction of sp³-hybridized carbons (Fsp3) is 0.100. The number of imidazole rings is 1. The molecule has 6 nitrogen and oxygen atoms in total. The van der Waals surface area contributed by atoms with E-state index in [1.165, 1.54) is 30.1 Å². The highest BCUT2D eigenvalue weighted by atomic mass is 35.5. The Morgan fingerprint density at radius 2 is 2.16 bits per heavy atom. The molecule has 2 rings (SSSR count). The lowest BCUT2D eigenvalue weighted by atomic mass is 10.3. The molecule has 1 aromatic carbocycles. The van der Waals surface area contributed by atoms with E-state index in [0.717, 1.165) is 6.07 Å². The van der Waals surface area contributed by atoms with E-state index in [2.05, 4.69) is 9.71 Å². The fourth-order valence-electron chi connectivity index (χ4n) is 1.53. The first-order valence-corrected chi connectivity index (χ1v) is 6.92. The molecule has 0 aliphatic heterocycles. The SMILES string of the molecule is Cn1cnc(N)c1S(=O)(=O)Nc1ccc(F)c(Cl)c1. The fourth-order valence-corrected chi connectivity index (χ4v) is 3.00. The maximum Gasteiger partial charge on any atom is 0.281 e. The highest BCUT2D eigenvalue weighted by Crippen LogP contribution is 2.23. The van der Waals surface area contributed by atoms with Crippen molar-refractivity contribution < 1.29 is 12.8 Å². The van der Waals surface area contributed by atoms with Crippen LogP contribution in [0, 0.1) is 5.82 Å². The number of hydrogen-bond donors (Lipinski definition) is 2. The molecule has 0 bridgehead atoms. The second-order valence-corrected chi connectivity index (χ2v) is 5.79. The van der Waals surface area contributed by atoms with E-state index in [1.807, 2.05) is 0 Å². The third kappa shape index (κ3) is 2.64. The van der Waals surface area contributed by atoms with E-state index in [0.29, 0.717) is 0 Å². The second-order valence-electron chi connectivity index (χ2n) is 3.78. The minimum absolute atomic E-state index is 0.122. The molecule has 1 heterocycles. The molecule has 2 aromatic rings. The van der Waals surface area contributed by atoms with Crippen LogP contribution in [0.4, 0.5) is 15.9 Å². The van der Waals surface area contributed by atoms with Crippen LogP contribution in [0.25, 0.3) is 0 Å². The van der Waals surface area contributed by atoms with Crippen LogP contribution < -0.4 is 10.5 Å². The molecule has 0 aliphatic rings. The predicted molar refractivity (Wildman–Crippen MR) is 69.8 cm³/mol. The Bertz CT molecular complexity index is 710. The Labute approximate surface area is 114 Å². The molecule has 0 saturated heterocycles. The van der Waals surface area contributed by atoms with Gasteiger partial charge in [0.15, 0.2) is 10.8 Å². The van der Waals surface area contributed by atoms with Gasteiger partial charge in [0.25, 0.3) is 10.0 Å². The summed E-state index contributed by atoms with van der Waals surface area (Å²) in [7, 11) is -2.42. The van der Waals surface area contributed by atoms with Gasteiger partial charge in [-0.3, -0.25) is 4.72 Å². The Morgan fingerprint density at radius 3 is 2.68 bits per heavy atom. The van der Waals surface area contributed by atoms with Crippen molar-refractivity contribution >= 4 is 33.1 Å². The van der Waals surface area contributed by atoms with Crippen LogP contribution in [0.2, 0.25) is 5.02 Å². The van der Waals surface area contributed by atoms with Gasteiger partial charge in [-0.2, -0.15) is 8.42 Å². The number of nitrogen functional groups attached to an aromatic ring is 1. The summed E-state index contributed by atoms with van der Waals surface area (Å²) in [5.74, 6) is -0.757. The van der Waals surface area contributed by atoms with Gasteiger partial charge in [-0.05, 0) is 18.2 Å². The third-order valence-corrected chi connectivity index (χ3v) is 4.14. The van der Waals surface area contributed by atoms with Crippen molar-refractivity contribution in [2.45, 2.75) is 5.03 Å². The average Bonchev–Trinajstić information content (AvgIpc) is 2.64. The molecule has 3 N–H and O–H groups in total. The van der Waals surface area contributed by atoms with Gasteiger partial charge in [-0.25, -0.2) is 9.37 Å². The normalized spacial score (nSPS) is 11.5. The van der Waals surface area contributed by atoms with Crippen LogP contribution in [0.3, 0.4) is 0 Å². The maximum absolute atomic E-state index is 13.0. The minimum atomic E-state index is -3.92. The summed E-state index contributed by atoms with van der Waals surface area (Å²) in [6.07, 6.45) is 1.28. The van der Waals surface area contributed by atoms with Gasteiger partial charge in [-0.15, -0.1) is 0 Å². The molecule has 0 spiro atoms. The van der Waals surface area contributed by atoms with Gasteiger partial charge in [-0.1, -0.05) is 11.6 Å². The average molecular weight is 305 g/mol. The number of anilines is 2. The summed E-state index contributed by atoms with van der Waals surface area (Å²) in [5, 5.41) is -0.355. The number of aryl methyl sites for hydroxylation is 1. The Kier molecular flexibility index (Phi) is 3.38. The number of aromatic nitrogens is 2. The van der Waals surface area contributed by atoms with Crippen molar-refractivity contribution in [2.75, 3.05) is 10.5 Å². The highest BCUT2D eigenvalue weighted by Gasteiger charge is 2.22. The smallest absolute Gasteiger partial charge is 0.281 e. The van der Waals surface area contributed by atoms with Gasteiger partial charge >= 0.3 is 0 Å². The van der Waals surface area contributed by atoms with Crippen LogP contribution >= 0.6 is 11.6 Å². The molecule has 1 aromatic heterocycles. The van der Waals surface area contributed by atoms with E-state index in [9.17, 15) is 12.8 Å². The first-order chi connectivity index (χ1) is 8.81. The summed E-state index contributed by atoms with van der Waals surface area (Å²) in [4.78, 5) is 3.69. The monoisotopic (exact) mass is 304 g/mol. The Balaban J connectivity index is 2.39. The third-order valence-electron chi connectivity index (χ3n) is 2.34. The molecule has 102 valence electrons. The topological polar surface area (TPSA) is 90.0 Å². The molecule has 0 saturated carbocycles. The summed E-state index contributed by atoms with van der Waals surface area (Å²) in [6, 6.07) is 3.49. The quantitative estimate of drug-likeness (QED) is 0.901. The lowest BCUT2D eigenvalue weighted by Crippen LogP contribution is -2.17. The van der Waals surface area contributed by atoms with Crippen molar-refractivity contribution in [2.24, 2.45) is 7.05 Å². The largest absolute Gasteiger partial charge is 0.381 e. The van der Waals surface area contributed by atoms with Crippen molar-refractivity contribution in [3.8, 4) is 0 Å². The van der Waals surface area contributed by atoms with Crippen LogP contribution in [0.15, 0.2) is 29.6 Å². The van der Waals surface area contributed by atoms with Gasteiger partial charge < -0.3 is 10.3 Å². The zero-order chi connectivity index (χ0) is 14.2. The van der Waals surface area contributed by atoms with Crippen molar-refractivity contribution in [3.05, 3.63) is 35.4 Å². The summed E-state index contributed by atoms with van der Waals surface area (Å²) < 4.78 is 40.7. The number of nitrogens with zero attached hydrogens (tertiary/aromatic N) is 2. The predicted octanol–water partition coefficient (Wildman–Crippen LogP) is 1.60. The number of halogens is 2. The van der Waals surface area contributed by atoms with Crippen LogP contribution in [-0.2, 0) is 17.1 Å². The number of rotatable bonds is 3. The van der Waals surface area contributed by atoms with E-state index < -0.39 is 15.8 Å². The van der Waals surface area contributed by atoms with Crippen molar-refractivity contribution in [1.29, 1.82) is 0 Å². The minimum Gasteiger partial charge on any atom is -0.381 e. The van der Waals surface area contributed by atoms with E-state index in [1.54, 1.807) is 0 Å². The molecule has 0 unspecified atom stereocenters. The number of benzene rings is 1. The molecule has 0 amide bonds. The molecule has 0 aliphatic carbocycles. The van der Waals surface area contributed by atoms with Gasteiger partial charge in [0.05, 0.1) is 17.0 Å². The number of nitrogens with one attached hydrogen (secondary N) is 1. The molecule has 9 heteroatoms. The number of nitrogens with two attached hydrogens (primary N) is 1. The van der Waals surface area contributed by atoms with Crippen molar-refractivity contribution in [1.82, 2.24) is 9.55 Å². The van der Waals surface area contributed by atoms with E-state index in [-0.39, 0.29) is 21.6 Å². The lowest BCUT2D eigenvalue weighted by molar-refractivity contribution is 0.591. The van der Waals surface area contributed by atoms with Crippen molar-refractivity contribution in [3.63, 3.8) is 0 Å². The van der Waals surface area contributed by atoms with Gasteiger partial charge in [0, 0.05) is 7.05 Å². The second kappa shape index (κ2) is 4.71. The number of sulfonamides is 1. The molecular weight excluding hydrogens is 295 g/mol. The van der Waals surface area contributed by atoms with E-state index in [4.69, 9.17) is 17.3 Å². The van der Waals surface area contributed by atoms with Crippen LogP contribution in [0.1, 0.15) is 0 Å². The van der Waals surface area contributed by atoms with Gasteiger partial charge in [0.2, 0.25) is 0 Å². The molecule has 0 atom stereocenters. The molecule has 19 heavy (non-hydrogen) atoms. The lowest BCUT2D eigenvalue weighted by Gasteiger charge is -2.09. The summed E-state index contributed by atoms with van der Waals surface area (Å²) >= 11 is 5.58. The Morgan fingerprint density at radius 1 is 1.47 bits per heavy atom. The molecule has 0 radical (unpaired) electrons. The van der Waals surface area contributed by atoms with Crippen LogP contribution in [0.5, 0.6) is 0 Å². The summed E-state index contributed by atoms with van der Waals surface area (Å²) in [6.45, 7) is 0. The molecule has 0 fully saturated rings. The maximum atomic E-state index is 13.0. The zero-order valence-corrected chi connectivity index (χ0v) is 11.3. The van der Waals surface area contributed by atoms with Gasteiger partial charge in [0.1, 0.15) is 5.82 Å². The first-order valence-electron chi connectivity index (χ1n) is 5.06. The zero-order valence-electron chi connectivity index (χ0n) is 9.76. The first kappa shape index (κ1) is 13.6. The van der Waals surface area contributed by atoms with E-state index >= 15 is 0 Å². The summed E-state index contributed by atoms with van der Waals surface area (Å²) in [5.41, 5.74) is 5.63. The number of hydrogen-bond acceptors (Lipinski definition) is 4. The highest BCUT2D eigenvalue weighted by molar-refractivity contribution is 7.92. The Hall–Kier alpha value is -1.80. The van der Waals surface area contributed by atoms with Crippen LogP contribution in [-0.4, -0.2) is 18.0 Å².